The van der Waals surface area contributed by atoms with Crippen LogP contribution in [0, 0.1) is 0 Å². The molecule has 3 nitrogen and oxygen atoms in total. The van der Waals surface area contributed by atoms with Crippen molar-refractivity contribution in [3.63, 3.8) is 0 Å². The predicted molar refractivity (Wildman–Crippen MR) is 24.1 cm³/mol. The van der Waals surface area contributed by atoms with Crippen LogP contribution >= 0.6 is 0 Å². The fourth-order valence-corrected chi connectivity index (χ4v) is 0.159. The third kappa shape index (κ3) is 3.66. The second-order valence-electron chi connectivity index (χ2n) is 0.626. The molecule has 0 aliphatic heterocycles. The average Bonchev–Trinajstić information content (AvgIpc) is 1.35. The first-order valence-electron chi connectivity index (χ1n) is 1.27. The van der Waals surface area contributed by atoms with E-state index in [0.29, 0.717) is 11.1 Å². The molecule has 3 N–H and O–H groups in total. The van der Waals surface area contributed by atoms with Gasteiger partial charge in [0.1, 0.15) is 0 Å². The van der Waals surface area contributed by atoms with E-state index in [9.17, 15) is 4.79 Å². The molecule has 0 fully saturated rings. The van der Waals surface area contributed by atoms with Crippen molar-refractivity contribution in [3.05, 3.63) is 0 Å². The predicted octanol–water partition coefficient (Wildman–Crippen LogP) is -2.05. The molecule has 0 saturated carbocycles. The number of nitrogens with two attached hydrogens (primary N) is 1. The standard InChI is InChI=1S/C2H4N2OSe/c3-2(6)4-1-5/h1H,(H3,3,4,5,6). The Morgan fingerprint density at radius 1 is 2.00 bits per heavy atom. The van der Waals surface area contributed by atoms with Gasteiger partial charge in [0.05, 0.1) is 0 Å². The minimum atomic E-state index is 0.296. The third-order valence-electron chi connectivity index (χ3n) is 0.201. The minimum absolute atomic E-state index is 0.296. The number of hydrogen-bond acceptors (Lipinski definition) is 2. The molecule has 0 aromatic heterocycles. The molecule has 0 aliphatic carbocycles. The van der Waals surface area contributed by atoms with Crippen molar-refractivity contribution in [2.45, 2.75) is 0 Å². The SMILES string of the molecule is NC(=[Se])NC=O. The van der Waals surface area contributed by atoms with Crippen molar-refractivity contribution < 1.29 is 4.79 Å². The van der Waals surface area contributed by atoms with Gasteiger partial charge in [-0.15, -0.1) is 0 Å². The van der Waals surface area contributed by atoms with Gasteiger partial charge in [-0.1, -0.05) is 0 Å². The van der Waals surface area contributed by atoms with Gasteiger partial charge >= 0.3 is 42.5 Å². The fourth-order valence-electron chi connectivity index (χ4n) is 0.0581. The van der Waals surface area contributed by atoms with E-state index in [4.69, 9.17) is 5.73 Å². The number of nitrogens with one attached hydrogen (secondary N) is 1. The summed E-state index contributed by atoms with van der Waals surface area (Å²) in [4.78, 5) is 9.38. The van der Waals surface area contributed by atoms with Crippen LogP contribution in [-0.2, 0) is 4.79 Å². The van der Waals surface area contributed by atoms with Crippen LogP contribution in [0.1, 0.15) is 0 Å². The molecule has 0 rings (SSSR count). The van der Waals surface area contributed by atoms with Gasteiger partial charge in [-0.3, -0.25) is 0 Å². The first kappa shape index (κ1) is 5.66. The summed E-state index contributed by atoms with van der Waals surface area (Å²) in [6, 6.07) is 0. The van der Waals surface area contributed by atoms with Gasteiger partial charge in [-0.05, 0) is 0 Å². The molecule has 0 unspecified atom stereocenters. The summed E-state index contributed by atoms with van der Waals surface area (Å²) in [7, 11) is 0. The normalized spacial score (nSPS) is 6.67. The molecule has 34 valence electrons. The van der Waals surface area contributed by atoms with Crippen molar-refractivity contribution in [1.82, 2.24) is 5.32 Å². The Morgan fingerprint density at radius 2 is 2.50 bits per heavy atom. The topological polar surface area (TPSA) is 55.1 Å². The molecule has 0 spiro atoms. The van der Waals surface area contributed by atoms with Gasteiger partial charge in [0.2, 0.25) is 0 Å². The number of amides is 1. The summed E-state index contributed by atoms with van der Waals surface area (Å²) in [5, 5.41) is 2.17. The average molecular weight is 151 g/mol. The Morgan fingerprint density at radius 3 is 2.50 bits per heavy atom. The summed E-state index contributed by atoms with van der Waals surface area (Å²) in [5.74, 6) is 0. The number of hydrogen-bond donors (Lipinski definition) is 2. The molecular formula is C2H4N2OSe. The molecule has 0 saturated heterocycles. The Kier molecular flexibility index (Phi) is 2.71. The van der Waals surface area contributed by atoms with Crippen molar-refractivity contribution in [2.24, 2.45) is 5.73 Å². The summed E-state index contributed by atoms with van der Waals surface area (Å²) in [6.07, 6.45) is 0.506. The fraction of sp³-hybridized carbons (Fsp3) is 0. The summed E-state index contributed by atoms with van der Waals surface area (Å²) in [6.45, 7) is 0. The Balaban J connectivity index is 3.05. The van der Waals surface area contributed by atoms with Crippen LogP contribution < -0.4 is 11.1 Å². The van der Waals surface area contributed by atoms with E-state index in [2.05, 4.69) is 20.9 Å². The van der Waals surface area contributed by atoms with Crippen LogP contribution in [-0.4, -0.2) is 26.7 Å². The van der Waals surface area contributed by atoms with Crippen LogP contribution in [0.5, 0.6) is 0 Å². The molecule has 0 aromatic rings. The van der Waals surface area contributed by atoms with E-state index in [-0.39, 0.29) is 0 Å². The quantitative estimate of drug-likeness (QED) is 0.352. The molecule has 0 radical (unpaired) electrons. The van der Waals surface area contributed by atoms with E-state index in [1.54, 1.807) is 0 Å². The van der Waals surface area contributed by atoms with Crippen molar-refractivity contribution in [2.75, 3.05) is 0 Å². The Labute approximate surface area is 43.3 Å². The molecule has 4 heteroatoms. The second-order valence-corrected chi connectivity index (χ2v) is 1.55. The molecule has 0 bridgehead atoms. The van der Waals surface area contributed by atoms with Gasteiger partial charge in [0.15, 0.2) is 0 Å². The third-order valence-corrected chi connectivity index (χ3v) is 0.448. The van der Waals surface area contributed by atoms with E-state index < -0.39 is 0 Å². The molecule has 0 heterocycles. The maximum absolute atomic E-state index is 9.38. The maximum atomic E-state index is 9.38. The monoisotopic (exact) mass is 152 g/mol. The molecule has 0 aromatic carbocycles. The molecule has 1 amide bonds. The van der Waals surface area contributed by atoms with Crippen molar-refractivity contribution >= 4 is 26.7 Å². The number of rotatable bonds is 2. The van der Waals surface area contributed by atoms with Crippen LogP contribution in [0.3, 0.4) is 0 Å². The number of carbonyl (C=O) groups excluding carboxylic acids is 1. The van der Waals surface area contributed by atoms with Gasteiger partial charge < -0.3 is 0 Å². The zero-order valence-electron chi connectivity index (χ0n) is 2.97. The number of carbonyl (C=O) groups is 1. The van der Waals surface area contributed by atoms with E-state index in [0.717, 1.165) is 0 Å². The van der Waals surface area contributed by atoms with Crippen LogP contribution in [0.25, 0.3) is 0 Å². The van der Waals surface area contributed by atoms with Crippen LogP contribution in [0.4, 0.5) is 0 Å². The molecule has 0 atom stereocenters. The van der Waals surface area contributed by atoms with E-state index in [1.165, 1.54) is 0 Å². The van der Waals surface area contributed by atoms with Crippen LogP contribution in [0.2, 0.25) is 0 Å². The van der Waals surface area contributed by atoms with Gasteiger partial charge in [-0.25, -0.2) is 0 Å². The van der Waals surface area contributed by atoms with Gasteiger partial charge in [0, 0.05) is 0 Å². The molecule has 0 aliphatic rings. The Hall–Kier alpha value is -0.341. The van der Waals surface area contributed by atoms with E-state index >= 15 is 0 Å². The zero-order valence-corrected chi connectivity index (χ0v) is 4.68. The summed E-state index contributed by atoms with van der Waals surface area (Å²) in [5.41, 5.74) is 4.92. The van der Waals surface area contributed by atoms with Crippen molar-refractivity contribution in [1.29, 1.82) is 0 Å². The summed E-state index contributed by atoms with van der Waals surface area (Å²) < 4.78 is 0.296. The Bertz CT molecular complexity index is 71.9. The summed E-state index contributed by atoms with van der Waals surface area (Å²) >= 11 is 2.39. The van der Waals surface area contributed by atoms with Gasteiger partial charge in [0.25, 0.3) is 0 Å². The molecular weight excluding hydrogens is 147 g/mol. The van der Waals surface area contributed by atoms with Crippen LogP contribution in [0.15, 0.2) is 0 Å². The zero-order chi connectivity index (χ0) is 4.99. The second kappa shape index (κ2) is 2.87. The first-order chi connectivity index (χ1) is 2.77. The molecule has 6 heavy (non-hydrogen) atoms. The van der Waals surface area contributed by atoms with Crippen molar-refractivity contribution in [3.8, 4) is 0 Å². The van der Waals surface area contributed by atoms with E-state index in [1.807, 2.05) is 0 Å². The first-order valence-corrected chi connectivity index (χ1v) is 2.12. The van der Waals surface area contributed by atoms with Gasteiger partial charge in [-0.2, -0.15) is 0 Å².